The molecular weight excluding hydrogens is 364 g/mol. The Balaban J connectivity index is 2.27. The number of thiophene rings is 1. The maximum Gasteiger partial charge on any atom is 0.244 e. The molecule has 7 heteroatoms. The van der Waals surface area contributed by atoms with Crippen LogP contribution in [-0.2, 0) is 5.41 Å². The Hall–Kier alpha value is -1.78. The van der Waals surface area contributed by atoms with E-state index >= 15 is 0 Å². The number of aromatic nitrogens is 2. The van der Waals surface area contributed by atoms with Crippen molar-refractivity contribution in [2.24, 2.45) is 5.73 Å². The summed E-state index contributed by atoms with van der Waals surface area (Å²) in [6, 6.07) is 6.17. The molecule has 3 N–H and O–H groups in total. The molecule has 0 aliphatic carbocycles. The SMILES string of the molecule is CC(C)(C)c1[nH]nc2c1[C@H](c1ccc(Br)s1)C(C#N)=C(N)O2. The second kappa shape index (κ2) is 5.14. The molecule has 2 aromatic rings. The van der Waals surface area contributed by atoms with Crippen LogP contribution >= 0.6 is 27.3 Å². The maximum absolute atomic E-state index is 9.55. The van der Waals surface area contributed by atoms with Gasteiger partial charge in [-0.3, -0.25) is 5.10 Å². The third-order valence-electron chi connectivity index (χ3n) is 3.57. The zero-order valence-electron chi connectivity index (χ0n) is 12.4. The van der Waals surface area contributed by atoms with Crippen molar-refractivity contribution in [2.75, 3.05) is 0 Å². The standard InChI is InChI=1S/C15H15BrN4OS/c1-15(2,3)12-11-10(8-4-5-9(16)22-8)7(6-17)13(18)21-14(11)20-19-12/h4-5,10H,18H2,1-3H3,(H,19,20)/t10-/m0/s1. The number of nitrogens with one attached hydrogen (secondary N) is 1. The molecule has 0 unspecified atom stereocenters. The maximum atomic E-state index is 9.55. The summed E-state index contributed by atoms with van der Waals surface area (Å²) in [6.45, 7) is 6.28. The van der Waals surface area contributed by atoms with Crippen LogP contribution in [0.5, 0.6) is 5.88 Å². The quantitative estimate of drug-likeness (QED) is 0.790. The summed E-state index contributed by atoms with van der Waals surface area (Å²) >= 11 is 5.06. The summed E-state index contributed by atoms with van der Waals surface area (Å²) in [7, 11) is 0. The first kappa shape index (κ1) is 15.1. The van der Waals surface area contributed by atoms with E-state index in [9.17, 15) is 5.26 Å². The highest BCUT2D eigenvalue weighted by Gasteiger charge is 2.38. The molecule has 0 bridgehead atoms. The lowest BCUT2D eigenvalue weighted by molar-refractivity contribution is 0.378. The molecule has 22 heavy (non-hydrogen) atoms. The smallest absolute Gasteiger partial charge is 0.244 e. The van der Waals surface area contributed by atoms with E-state index in [-0.39, 0.29) is 17.2 Å². The summed E-state index contributed by atoms with van der Waals surface area (Å²) < 4.78 is 6.56. The monoisotopic (exact) mass is 378 g/mol. The average Bonchev–Trinajstić information content (AvgIpc) is 3.02. The predicted octanol–water partition coefficient (Wildman–Crippen LogP) is 3.75. The van der Waals surface area contributed by atoms with Crippen LogP contribution in [0.15, 0.2) is 27.4 Å². The first-order chi connectivity index (χ1) is 10.3. The molecule has 0 saturated heterocycles. The lowest BCUT2D eigenvalue weighted by Crippen LogP contribution is -2.23. The molecule has 0 spiro atoms. The van der Waals surface area contributed by atoms with Crippen molar-refractivity contribution in [1.29, 1.82) is 5.26 Å². The van der Waals surface area contributed by atoms with Gasteiger partial charge in [0.2, 0.25) is 11.8 Å². The Bertz CT molecular complexity index is 806. The van der Waals surface area contributed by atoms with E-state index in [0.29, 0.717) is 11.5 Å². The van der Waals surface area contributed by atoms with Gasteiger partial charge in [0, 0.05) is 16.0 Å². The van der Waals surface area contributed by atoms with E-state index in [4.69, 9.17) is 10.5 Å². The number of H-pyrrole nitrogens is 1. The van der Waals surface area contributed by atoms with Crippen LogP contribution in [0.3, 0.4) is 0 Å². The van der Waals surface area contributed by atoms with E-state index in [1.54, 1.807) is 11.3 Å². The molecule has 0 amide bonds. The third kappa shape index (κ3) is 2.32. The van der Waals surface area contributed by atoms with Gasteiger partial charge in [-0.2, -0.15) is 5.26 Å². The molecule has 1 aliphatic heterocycles. The number of hydrogen-bond donors (Lipinski definition) is 2. The number of aromatic amines is 1. The molecule has 0 aromatic carbocycles. The summed E-state index contributed by atoms with van der Waals surface area (Å²) in [5.41, 5.74) is 8.06. The van der Waals surface area contributed by atoms with Crippen molar-refractivity contribution >= 4 is 27.3 Å². The van der Waals surface area contributed by atoms with Gasteiger partial charge in [-0.05, 0) is 28.1 Å². The van der Waals surface area contributed by atoms with Gasteiger partial charge in [0.1, 0.15) is 11.6 Å². The molecule has 0 fully saturated rings. The van der Waals surface area contributed by atoms with Crippen molar-refractivity contribution < 1.29 is 4.74 Å². The van der Waals surface area contributed by atoms with Gasteiger partial charge < -0.3 is 10.5 Å². The second-order valence-corrected chi connectivity index (χ2v) is 8.63. The minimum atomic E-state index is -0.252. The van der Waals surface area contributed by atoms with Gasteiger partial charge in [0.25, 0.3) is 0 Å². The summed E-state index contributed by atoms with van der Waals surface area (Å²) in [5, 5.41) is 16.9. The molecule has 1 aliphatic rings. The van der Waals surface area contributed by atoms with Gasteiger partial charge in [-0.25, -0.2) is 0 Å². The van der Waals surface area contributed by atoms with E-state index in [0.717, 1.165) is 19.9 Å². The molecule has 0 radical (unpaired) electrons. The Morgan fingerprint density at radius 2 is 2.18 bits per heavy atom. The van der Waals surface area contributed by atoms with Gasteiger partial charge in [0.15, 0.2) is 0 Å². The lowest BCUT2D eigenvalue weighted by Gasteiger charge is -2.26. The summed E-state index contributed by atoms with van der Waals surface area (Å²) in [6.07, 6.45) is 0. The molecule has 1 atom stereocenters. The van der Waals surface area contributed by atoms with E-state index in [1.165, 1.54) is 0 Å². The first-order valence-electron chi connectivity index (χ1n) is 6.74. The van der Waals surface area contributed by atoms with Crippen LogP contribution in [0.4, 0.5) is 0 Å². The van der Waals surface area contributed by atoms with Crippen molar-refractivity contribution in [3.8, 4) is 11.9 Å². The van der Waals surface area contributed by atoms with Crippen LogP contribution < -0.4 is 10.5 Å². The van der Waals surface area contributed by atoms with Crippen molar-refractivity contribution in [2.45, 2.75) is 32.1 Å². The van der Waals surface area contributed by atoms with Crippen molar-refractivity contribution in [3.05, 3.63) is 43.5 Å². The first-order valence-corrected chi connectivity index (χ1v) is 8.35. The fourth-order valence-corrected chi connectivity index (χ4v) is 4.13. The topological polar surface area (TPSA) is 87.7 Å². The largest absolute Gasteiger partial charge is 0.420 e. The molecule has 5 nitrogen and oxygen atoms in total. The highest BCUT2D eigenvalue weighted by Crippen LogP contribution is 2.47. The lowest BCUT2D eigenvalue weighted by atomic mass is 9.81. The molecular formula is C15H15BrN4OS. The molecule has 2 aromatic heterocycles. The van der Waals surface area contributed by atoms with Gasteiger partial charge in [0.05, 0.1) is 15.3 Å². The average molecular weight is 379 g/mol. The molecule has 114 valence electrons. The van der Waals surface area contributed by atoms with E-state index in [1.807, 2.05) is 12.1 Å². The van der Waals surface area contributed by atoms with E-state index < -0.39 is 0 Å². The Morgan fingerprint density at radius 3 is 2.73 bits per heavy atom. The van der Waals surface area contributed by atoms with Crippen LogP contribution in [0, 0.1) is 11.3 Å². The summed E-state index contributed by atoms with van der Waals surface area (Å²) in [5.74, 6) is 0.324. The minimum absolute atomic E-state index is 0.122. The fraction of sp³-hybridized carbons (Fsp3) is 0.333. The second-order valence-electron chi connectivity index (χ2n) is 6.13. The summed E-state index contributed by atoms with van der Waals surface area (Å²) in [4.78, 5) is 1.03. The zero-order chi connectivity index (χ0) is 16.1. The number of nitriles is 1. The predicted molar refractivity (Wildman–Crippen MR) is 88.6 cm³/mol. The zero-order valence-corrected chi connectivity index (χ0v) is 14.8. The van der Waals surface area contributed by atoms with E-state index in [2.05, 4.69) is 53.0 Å². The van der Waals surface area contributed by atoms with Crippen LogP contribution in [0.1, 0.15) is 42.8 Å². The minimum Gasteiger partial charge on any atom is -0.420 e. The third-order valence-corrected chi connectivity index (χ3v) is 5.26. The number of hydrogen-bond acceptors (Lipinski definition) is 5. The number of halogens is 1. The molecule has 0 saturated carbocycles. The van der Waals surface area contributed by atoms with Gasteiger partial charge in [-0.1, -0.05) is 20.8 Å². The highest BCUT2D eigenvalue weighted by molar-refractivity contribution is 9.11. The van der Waals surface area contributed by atoms with Crippen LogP contribution in [0.25, 0.3) is 0 Å². The van der Waals surface area contributed by atoms with Crippen LogP contribution in [0.2, 0.25) is 0 Å². The number of nitrogens with two attached hydrogens (primary N) is 1. The molecule has 3 heterocycles. The van der Waals surface area contributed by atoms with Crippen molar-refractivity contribution in [1.82, 2.24) is 10.2 Å². The van der Waals surface area contributed by atoms with Gasteiger partial charge in [-0.15, -0.1) is 16.4 Å². The Kier molecular flexibility index (Phi) is 3.54. The Morgan fingerprint density at radius 1 is 1.45 bits per heavy atom. The van der Waals surface area contributed by atoms with Crippen LogP contribution in [-0.4, -0.2) is 10.2 Å². The normalized spacial score (nSPS) is 17.9. The fourth-order valence-electron chi connectivity index (χ4n) is 2.58. The van der Waals surface area contributed by atoms with Crippen molar-refractivity contribution in [3.63, 3.8) is 0 Å². The number of rotatable bonds is 1. The molecule has 3 rings (SSSR count). The number of nitrogens with zero attached hydrogens (tertiary/aromatic N) is 2. The highest BCUT2D eigenvalue weighted by atomic mass is 79.9. The number of allylic oxidation sites excluding steroid dienone is 1. The number of fused-ring (bicyclic) bond motifs is 1. The number of ether oxygens (including phenoxy) is 1. The Labute approximate surface area is 140 Å². The van der Waals surface area contributed by atoms with Gasteiger partial charge >= 0.3 is 0 Å².